The van der Waals surface area contributed by atoms with Crippen LogP contribution < -0.4 is 5.32 Å². The summed E-state index contributed by atoms with van der Waals surface area (Å²) in [6, 6.07) is 8.72. The Labute approximate surface area is 126 Å². The van der Waals surface area contributed by atoms with Crippen molar-refractivity contribution in [2.75, 3.05) is 7.05 Å². The van der Waals surface area contributed by atoms with Crippen LogP contribution in [0.15, 0.2) is 36.4 Å². The molecule has 5 heteroatoms. The van der Waals surface area contributed by atoms with E-state index in [2.05, 4.69) is 5.32 Å². The molecule has 1 N–H and O–H groups in total. The van der Waals surface area contributed by atoms with Crippen molar-refractivity contribution < 1.29 is 8.78 Å². The fraction of sp³-hybridized carbons (Fsp3) is 0.200. The quantitative estimate of drug-likeness (QED) is 0.856. The minimum atomic E-state index is -0.582. The number of hydrogen-bond acceptors (Lipinski definition) is 1. The van der Waals surface area contributed by atoms with E-state index in [9.17, 15) is 8.78 Å². The normalized spacial score (nSPS) is 12.4. The summed E-state index contributed by atoms with van der Waals surface area (Å²) in [7, 11) is 1.77. The third-order valence-electron chi connectivity index (χ3n) is 3.13. The lowest BCUT2D eigenvalue weighted by atomic mass is 9.98. The maximum atomic E-state index is 13.7. The van der Waals surface area contributed by atoms with Gasteiger partial charge in [0.1, 0.15) is 11.6 Å². The van der Waals surface area contributed by atoms with Gasteiger partial charge in [-0.05, 0) is 42.8 Å². The summed E-state index contributed by atoms with van der Waals surface area (Å²) in [6.45, 7) is 0. The summed E-state index contributed by atoms with van der Waals surface area (Å²) in [6.07, 6.45) is 0.389. The lowest BCUT2D eigenvalue weighted by molar-refractivity contribution is 0.541. The highest BCUT2D eigenvalue weighted by molar-refractivity contribution is 6.42. The summed E-state index contributed by atoms with van der Waals surface area (Å²) in [5.41, 5.74) is 1.34. The van der Waals surface area contributed by atoms with Gasteiger partial charge in [0.15, 0.2) is 0 Å². The van der Waals surface area contributed by atoms with Crippen molar-refractivity contribution >= 4 is 23.2 Å². The van der Waals surface area contributed by atoms with Crippen molar-refractivity contribution in [1.82, 2.24) is 5.32 Å². The number of hydrogen-bond donors (Lipinski definition) is 1. The van der Waals surface area contributed by atoms with Crippen molar-refractivity contribution in [3.8, 4) is 0 Å². The lowest BCUT2D eigenvalue weighted by Crippen LogP contribution is -2.19. The molecule has 2 aromatic carbocycles. The van der Waals surface area contributed by atoms with Crippen LogP contribution in [-0.4, -0.2) is 7.05 Å². The van der Waals surface area contributed by atoms with Crippen LogP contribution in [0.25, 0.3) is 0 Å². The third-order valence-corrected chi connectivity index (χ3v) is 3.87. The molecule has 0 aliphatic carbocycles. The topological polar surface area (TPSA) is 12.0 Å². The Hall–Kier alpha value is -1.16. The Morgan fingerprint density at radius 1 is 1.05 bits per heavy atom. The van der Waals surface area contributed by atoms with E-state index in [1.54, 1.807) is 19.2 Å². The molecule has 20 heavy (non-hydrogen) atoms. The minimum Gasteiger partial charge on any atom is -0.313 e. The zero-order valence-corrected chi connectivity index (χ0v) is 12.3. The van der Waals surface area contributed by atoms with E-state index in [0.29, 0.717) is 22.0 Å². The Morgan fingerprint density at radius 3 is 2.40 bits per heavy atom. The molecule has 1 nitrogen and oxygen atoms in total. The van der Waals surface area contributed by atoms with Crippen LogP contribution in [0.5, 0.6) is 0 Å². The van der Waals surface area contributed by atoms with E-state index < -0.39 is 11.6 Å². The second-order valence-electron chi connectivity index (χ2n) is 4.45. The number of benzene rings is 2. The van der Waals surface area contributed by atoms with Crippen LogP contribution >= 0.6 is 23.2 Å². The van der Waals surface area contributed by atoms with E-state index >= 15 is 0 Å². The van der Waals surface area contributed by atoms with Gasteiger partial charge < -0.3 is 5.32 Å². The van der Waals surface area contributed by atoms with Crippen molar-refractivity contribution in [2.45, 2.75) is 12.5 Å². The van der Waals surface area contributed by atoms with E-state index in [1.165, 1.54) is 12.1 Å². The summed E-state index contributed by atoms with van der Waals surface area (Å²) >= 11 is 11.9. The molecule has 0 saturated heterocycles. The molecule has 0 radical (unpaired) electrons. The lowest BCUT2D eigenvalue weighted by Gasteiger charge is -2.18. The minimum absolute atomic E-state index is 0.135. The molecule has 106 valence electrons. The first-order valence-electron chi connectivity index (χ1n) is 6.07. The summed E-state index contributed by atoms with van der Waals surface area (Å²) < 4.78 is 26.6. The molecule has 1 atom stereocenters. The van der Waals surface area contributed by atoms with Crippen molar-refractivity contribution in [3.05, 3.63) is 69.2 Å². The molecular weight excluding hydrogens is 303 g/mol. The first-order valence-corrected chi connectivity index (χ1v) is 6.83. The van der Waals surface area contributed by atoms with Crippen LogP contribution in [0.1, 0.15) is 17.2 Å². The van der Waals surface area contributed by atoms with Gasteiger partial charge in [0, 0.05) is 12.1 Å². The van der Waals surface area contributed by atoms with Crippen LogP contribution in [0, 0.1) is 11.6 Å². The molecule has 0 aliphatic rings. The largest absolute Gasteiger partial charge is 0.313 e. The van der Waals surface area contributed by atoms with Gasteiger partial charge in [0.2, 0.25) is 0 Å². The standard InChI is InChI=1S/C15H13Cl2F2N/c1-20-15(10-3-5-12(16)13(17)6-10)7-9-2-4-11(18)8-14(9)19/h2-6,8,15,20H,7H2,1H3. The average Bonchev–Trinajstić information content (AvgIpc) is 2.41. The molecule has 0 aliphatic heterocycles. The maximum absolute atomic E-state index is 13.7. The summed E-state index contributed by atoms with van der Waals surface area (Å²) in [5, 5.41) is 4.01. The molecule has 0 amide bonds. The highest BCUT2D eigenvalue weighted by Crippen LogP contribution is 2.27. The van der Waals surface area contributed by atoms with E-state index in [1.807, 2.05) is 6.07 Å². The second-order valence-corrected chi connectivity index (χ2v) is 5.27. The molecule has 1 unspecified atom stereocenters. The molecule has 0 aromatic heterocycles. The van der Waals surface area contributed by atoms with Crippen molar-refractivity contribution in [1.29, 1.82) is 0 Å². The summed E-state index contributed by atoms with van der Waals surface area (Å²) in [4.78, 5) is 0. The van der Waals surface area contributed by atoms with Gasteiger partial charge in [-0.25, -0.2) is 8.78 Å². The Morgan fingerprint density at radius 2 is 1.80 bits per heavy atom. The molecule has 2 rings (SSSR count). The highest BCUT2D eigenvalue weighted by Gasteiger charge is 2.14. The van der Waals surface area contributed by atoms with Gasteiger partial charge in [-0.3, -0.25) is 0 Å². The smallest absolute Gasteiger partial charge is 0.129 e. The third kappa shape index (κ3) is 3.48. The van der Waals surface area contributed by atoms with Crippen molar-refractivity contribution in [3.63, 3.8) is 0 Å². The van der Waals surface area contributed by atoms with Gasteiger partial charge >= 0.3 is 0 Å². The van der Waals surface area contributed by atoms with Crippen LogP contribution in [0.4, 0.5) is 8.78 Å². The van der Waals surface area contributed by atoms with Crippen molar-refractivity contribution in [2.24, 2.45) is 0 Å². The van der Waals surface area contributed by atoms with Gasteiger partial charge in [-0.2, -0.15) is 0 Å². The van der Waals surface area contributed by atoms with Gasteiger partial charge in [0.05, 0.1) is 10.0 Å². The SMILES string of the molecule is CNC(Cc1ccc(F)cc1F)c1ccc(Cl)c(Cl)c1. The number of nitrogens with one attached hydrogen (secondary N) is 1. The van der Waals surface area contributed by atoms with E-state index in [0.717, 1.165) is 11.6 Å². The monoisotopic (exact) mass is 315 g/mol. The number of halogens is 4. The van der Waals surface area contributed by atoms with Gasteiger partial charge in [-0.15, -0.1) is 0 Å². The molecule has 2 aromatic rings. The molecule has 0 saturated carbocycles. The fourth-order valence-electron chi connectivity index (χ4n) is 2.02. The Kier molecular flexibility index (Phi) is 4.97. The second kappa shape index (κ2) is 6.53. The maximum Gasteiger partial charge on any atom is 0.129 e. The van der Waals surface area contributed by atoms with E-state index in [4.69, 9.17) is 23.2 Å². The average molecular weight is 316 g/mol. The zero-order valence-electron chi connectivity index (χ0n) is 10.8. The highest BCUT2D eigenvalue weighted by atomic mass is 35.5. The van der Waals surface area contributed by atoms with Crippen LogP contribution in [-0.2, 0) is 6.42 Å². The van der Waals surface area contributed by atoms with Gasteiger partial charge in [0.25, 0.3) is 0 Å². The fourth-order valence-corrected chi connectivity index (χ4v) is 2.33. The summed E-state index contributed by atoms with van der Waals surface area (Å²) in [5.74, 6) is -1.13. The molecule has 0 bridgehead atoms. The Bertz CT molecular complexity index is 617. The molecular formula is C15H13Cl2F2N. The molecule has 0 spiro atoms. The zero-order chi connectivity index (χ0) is 14.7. The van der Waals surface area contributed by atoms with Crippen LogP contribution in [0.2, 0.25) is 10.0 Å². The Balaban J connectivity index is 2.26. The predicted molar refractivity (Wildman–Crippen MR) is 78.3 cm³/mol. The van der Waals surface area contributed by atoms with Crippen LogP contribution in [0.3, 0.4) is 0 Å². The molecule has 0 heterocycles. The number of rotatable bonds is 4. The predicted octanol–water partition coefficient (Wildman–Crippen LogP) is 4.77. The first kappa shape index (κ1) is 15.2. The first-order chi connectivity index (χ1) is 9.51. The number of likely N-dealkylation sites (N-methyl/N-ethyl adjacent to an activating group) is 1. The molecule has 0 fully saturated rings. The van der Waals surface area contributed by atoms with E-state index in [-0.39, 0.29) is 6.04 Å². The van der Waals surface area contributed by atoms with Gasteiger partial charge in [-0.1, -0.05) is 35.3 Å².